The highest BCUT2D eigenvalue weighted by atomic mass is 16.2. The first kappa shape index (κ1) is 22.1. The van der Waals surface area contributed by atoms with Crippen LogP contribution in [0.2, 0.25) is 0 Å². The summed E-state index contributed by atoms with van der Waals surface area (Å²) in [6.45, 7) is 6.21. The second-order valence-corrected chi connectivity index (χ2v) is 10.2. The number of imidazole rings is 2. The molecule has 1 atom stereocenters. The normalized spacial score (nSPS) is 25.2. The zero-order valence-electron chi connectivity index (χ0n) is 20.2. The van der Waals surface area contributed by atoms with Gasteiger partial charge >= 0.3 is 17.9 Å². The number of nitrogens with zero attached hydrogens (tertiary/aromatic N) is 6. The zero-order chi connectivity index (χ0) is 23.2. The summed E-state index contributed by atoms with van der Waals surface area (Å²) in [6.07, 6.45) is 14.6. The van der Waals surface area contributed by atoms with Crippen molar-refractivity contribution in [3.8, 4) is 0 Å². The van der Waals surface area contributed by atoms with Gasteiger partial charge in [-0.25, -0.2) is 13.6 Å². The van der Waals surface area contributed by atoms with Crippen molar-refractivity contribution in [3.63, 3.8) is 0 Å². The van der Waals surface area contributed by atoms with Crippen LogP contribution in [-0.4, -0.2) is 56.0 Å². The van der Waals surface area contributed by atoms with Gasteiger partial charge in [-0.05, 0) is 39.0 Å². The molecule has 5 rings (SSSR count). The Bertz CT molecular complexity index is 1010. The van der Waals surface area contributed by atoms with Crippen molar-refractivity contribution in [2.24, 2.45) is 14.1 Å². The van der Waals surface area contributed by atoms with Crippen LogP contribution in [0.15, 0.2) is 24.8 Å². The van der Waals surface area contributed by atoms with E-state index >= 15 is 0 Å². The monoisotopic (exact) mass is 456 g/mol. The Kier molecular flexibility index (Phi) is 5.76. The van der Waals surface area contributed by atoms with Crippen LogP contribution >= 0.6 is 0 Å². The van der Waals surface area contributed by atoms with Crippen molar-refractivity contribution in [3.05, 3.63) is 36.4 Å². The molecule has 9 nitrogen and oxygen atoms in total. The molecule has 2 amide bonds. The van der Waals surface area contributed by atoms with Gasteiger partial charge in [-0.15, -0.1) is 9.13 Å². The fourth-order valence-corrected chi connectivity index (χ4v) is 6.13. The van der Waals surface area contributed by atoms with Crippen LogP contribution in [0, 0.1) is 0 Å². The molecular weight excluding hydrogens is 418 g/mol. The Morgan fingerprint density at radius 1 is 1.06 bits per heavy atom. The Balaban J connectivity index is 1.10. The predicted molar refractivity (Wildman–Crippen MR) is 120 cm³/mol. The van der Waals surface area contributed by atoms with E-state index < -0.39 is 0 Å². The number of amides is 2. The highest BCUT2D eigenvalue weighted by molar-refractivity contribution is 5.85. The quantitative estimate of drug-likeness (QED) is 0.357. The van der Waals surface area contributed by atoms with Gasteiger partial charge < -0.3 is 10.2 Å². The molecule has 1 N–H and O–H groups in total. The van der Waals surface area contributed by atoms with E-state index in [-0.39, 0.29) is 18.4 Å². The number of hydrogen-bond donors (Lipinski definition) is 1. The minimum Gasteiger partial charge on any atom is -0.347 e. The Morgan fingerprint density at radius 3 is 2.33 bits per heavy atom. The van der Waals surface area contributed by atoms with Crippen molar-refractivity contribution in [2.75, 3.05) is 19.6 Å². The van der Waals surface area contributed by atoms with E-state index in [2.05, 4.69) is 69.4 Å². The molecule has 0 aromatic carbocycles. The molecule has 2 aromatic heterocycles. The molecule has 1 saturated heterocycles. The highest BCUT2D eigenvalue weighted by Crippen LogP contribution is 2.42. The standard InChI is InChI=1S/C24H37N7O2/c1-19-8-7-10-28(19)23(33)16-25-20(32)9-5-4-6-15-31-17-21-26(2)11-13-29(21)24(31)30-14-12-27(3)22(30)18-31/h11-14,19,24H,4-10,15-18H2,1-3H3/q+2/p+1. The van der Waals surface area contributed by atoms with Crippen LogP contribution in [0.4, 0.5) is 0 Å². The molecule has 2 aromatic rings. The summed E-state index contributed by atoms with van der Waals surface area (Å²) in [5.74, 6) is 2.79. The molecule has 3 aliphatic heterocycles. The van der Waals surface area contributed by atoms with Crippen molar-refractivity contribution in [2.45, 2.75) is 70.9 Å². The molecule has 0 aliphatic carbocycles. The number of quaternary nitrogens is 1. The fourth-order valence-electron chi connectivity index (χ4n) is 6.13. The molecule has 1 unspecified atom stereocenters. The molecule has 3 aliphatic rings. The molecule has 5 heterocycles. The molecule has 0 saturated carbocycles. The first-order valence-corrected chi connectivity index (χ1v) is 12.4. The summed E-state index contributed by atoms with van der Waals surface area (Å²) in [5, 5.41) is 2.83. The Labute approximate surface area is 195 Å². The van der Waals surface area contributed by atoms with Gasteiger partial charge in [-0.1, -0.05) is 0 Å². The zero-order valence-corrected chi connectivity index (χ0v) is 20.2. The number of rotatable bonds is 8. The van der Waals surface area contributed by atoms with Crippen LogP contribution in [0.5, 0.6) is 0 Å². The SMILES string of the molecule is CC1CCCN1C(=O)CNC(=O)CCCCC[N+]12Cc3n(cc[n+]3C)C1n1cc[n+](C)c1C2. The summed E-state index contributed by atoms with van der Waals surface area (Å²) in [4.78, 5) is 26.4. The summed E-state index contributed by atoms with van der Waals surface area (Å²) >= 11 is 0. The van der Waals surface area contributed by atoms with Crippen molar-refractivity contribution >= 4 is 11.8 Å². The van der Waals surface area contributed by atoms with Crippen LogP contribution < -0.4 is 14.5 Å². The maximum absolute atomic E-state index is 12.3. The number of nitrogens with one attached hydrogen (secondary N) is 1. The Hall–Kier alpha value is -2.68. The number of aryl methyl sites for hydroxylation is 2. The van der Waals surface area contributed by atoms with Crippen LogP contribution in [0.25, 0.3) is 0 Å². The van der Waals surface area contributed by atoms with E-state index in [1.807, 2.05) is 4.90 Å². The number of hydrogen-bond acceptors (Lipinski definition) is 2. The summed E-state index contributed by atoms with van der Waals surface area (Å²) in [6, 6.07) is 0.301. The second kappa shape index (κ2) is 8.59. The molecule has 0 radical (unpaired) electrons. The van der Waals surface area contributed by atoms with E-state index in [1.54, 1.807) is 0 Å². The summed E-state index contributed by atoms with van der Waals surface area (Å²) in [7, 11) is 4.27. The summed E-state index contributed by atoms with van der Waals surface area (Å²) < 4.78 is 10.4. The molecule has 178 valence electrons. The van der Waals surface area contributed by atoms with Crippen LogP contribution in [0.3, 0.4) is 0 Å². The average molecular weight is 457 g/mol. The summed E-state index contributed by atoms with van der Waals surface area (Å²) in [5.41, 5.74) is 0. The average Bonchev–Trinajstić information content (AvgIpc) is 3.56. The topological polar surface area (TPSA) is 67.0 Å². The number of fused-ring (bicyclic) bond motifs is 5. The molecule has 33 heavy (non-hydrogen) atoms. The van der Waals surface area contributed by atoms with E-state index in [9.17, 15) is 9.59 Å². The van der Waals surface area contributed by atoms with Gasteiger partial charge in [0.05, 0.1) is 27.2 Å². The van der Waals surface area contributed by atoms with E-state index in [0.29, 0.717) is 18.8 Å². The molecule has 1 fully saturated rings. The van der Waals surface area contributed by atoms with E-state index in [0.717, 1.165) is 62.8 Å². The third-order valence-electron chi connectivity index (χ3n) is 8.03. The second-order valence-electron chi connectivity index (χ2n) is 10.2. The fraction of sp³-hybridized carbons (Fsp3) is 0.667. The predicted octanol–water partition coefficient (Wildman–Crippen LogP) is 0.475. The lowest BCUT2D eigenvalue weighted by atomic mass is 10.1. The highest BCUT2D eigenvalue weighted by Gasteiger charge is 2.62. The van der Waals surface area contributed by atoms with E-state index in [1.165, 1.54) is 11.6 Å². The third-order valence-corrected chi connectivity index (χ3v) is 8.03. The molecule has 9 heteroatoms. The first-order chi connectivity index (χ1) is 15.9. The van der Waals surface area contributed by atoms with Gasteiger partial charge in [0, 0.05) is 19.0 Å². The number of aromatic nitrogens is 4. The van der Waals surface area contributed by atoms with Gasteiger partial charge in [0.1, 0.15) is 24.8 Å². The third kappa shape index (κ3) is 3.86. The van der Waals surface area contributed by atoms with Gasteiger partial charge in [0.15, 0.2) is 13.1 Å². The van der Waals surface area contributed by atoms with Crippen LogP contribution in [0.1, 0.15) is 63.4 Å². The number of carbonyl (C=O) groups excluding carboxylic acids is 2. The lowest BCUT2D eigenvalue weighted by Gasteiger charge is -2.28. The van der Waals surface area contributed by atoms with Crippen LogP contribution in [-0.2, 0) is 36.8 Å². The Morgan fingerprint density at radius 2 is 1.73 bits per heavy atom. The first-order valence-electron chi connectivity index (χ1n) is 12.4. The number of unbranched alkanes of at least 4 members (excludes halogenated alkanes) is 2. The van der Waals surface area contributed by atoms with Gasteiger partial charge in [-0.2, -0.15) is 0 Å². The maximum Gasteiger partial charge on any atom is 0.380 e. The largest absolute Gasteiger partial charge is 0.380 e. The smallest absolute Gasteiger partial charge is 0.347 e. The minimum atomic E-state index is -0.00613. The molecular formula is C24H38N7O2+3. The van der Waals surface area contributed by atoms with E-state index in [4.69, 9.17) is 0 Å². The van der Waals surface area contributed by atoms with Gasteiger partial charge in [0.2, 0.25) is 11.8 Å². The molecule has 0 spiro atoms. The lowest BCUT2D eigenvalue weighted by molar-refractivity contribution is -0.982. The van der Waals surface area contributed by atoms with Crippen molar-refractivity contribution < 1.29 is 23.2 Å². The van der Waals surface area contributed by atoms with Gasteiger partial charge in [-0.3, -0.25) is 9.59 Å². The minimum absolute atomic E-state index is 0.00613. The molecule has 0 bridgehead atoms. The van der Waals surface area contributed by atoms with Gasteiger partial charge in [0.25, 0.3) is 0 Å². The van der Waals surface area contributed by atoms with Crippen molar-refractivity contribution in [1.29, 1.82) is 0 Å². The maximum atomic E-state index is 12.3. The van der Waals surface area contributed by atoms with Crippen molar-refractivity contribution in [1.82, 2.24) is 19.4 Å². The number of likely N-dealkylation sites (tertiary alicyclic amines) is 1. The number of carbonyl (C=O) groups is 2. The lowest BCUT2D eigenvalue weighted by Crippen LogP contribution is -2.47.